The number of rotatable bonds is 6. The Morgan fingerprint density at radius 1 is 1.06 bits per heavy atom. The van der Waals surface area contributed by atoms with E-state index in [1.807, 2.05) is 0 Å². The Labute approximate surface area is 176 Å². The van der Waals surface area contributed by atoms with Crippen LogP contribution in [-0.4, -0.2) is 29.8 Å². The van der Waals surface area contributed by atoms with Crippen LogP contribution < -0.4 is 9.64 Å². The molecule has 8 heteroatoms. The van der Waals surface area contributed by atoms with Crippen molar-refractivity contribution in [2.24, 2.45) is 0 Å². The van der Waals surface area contributed by atoms with Gasteiger partial charge in [-0.25, -0.2) is 4.39 Å². The third-order valence-corrected chi connectivity index (χ3v) is 5.30. The molecule has 1 fully saturated rings. The Morgan fingerprint density at radius 2 is 1.74 bits per heavy atom. The molecule has 0 spiro atoms. The number of amides is 1. The van der Waals surface area contributed by atoms with Crippen LogP contribution in [0.1, 0.15) is 21.8 Å². The number of ketones is 1. The number of nitro groups is 1. The van der Waals surface area contributed by atoms with Gasteiger partial charge in [0.2, 0.25) is 5.91 Å². The maximum absolute atomic E-state index is 14.6. The van der Waals surface area contributed by atoms with Gasteiger partial charge in [0.15, 0.2) is 5.78 Å². The summed E-state index contributed by atoms with van der Waals surface area (Å²) in [4.78, 5) is 38.2. The number of anilines is 1. The average Bonchev–Trinajstić information content (AvgIpc) is 2.79. The Bertz CT molecular complexity index is 1160. The third kappa shape index (κ3) is 3.52. The molecule has 1 heterocycles. The van der Waals surface area contributed by atoms with E-state index in [0.717, 1.165) is 18.2 Å². The number of non-ortho nitro benzene ring substituents is 1. The molecular formula is C23H17FN2O5. The van der Waals surface area contributed by atoms with Gasteiger partial charge in [-0.3, -0.25) is 24.6 Å². The number of nitrogens with zero attached hydrogens (tertiary/aromatic N) is 2. The number of β-lactam (4-membered cyclic amide) rings is 1. The smallest absolute Gasteiger partial charge is 0.269 e. The molecule has 2 atom stereocenters. The molecule has 0 N–H and O–H groups in total. The predicted molar refractivity (Wildman–Crippen MR) is 111 cm³/mol. The standard InChI is InChI=1S/C23H17FN2O5/c1-31-17-10-7-15(8-11-17)25-21(22(27)14-5-3-2-4-6-14)20(23(25)28)18-13-16(26(29)30)9-12-19(18)24/h2-13,20-21H,1H3/t20-,21-/m0/s1. The van der Waals surface area contributed by atoms with Crippen LogP contribution in [0, 0.1) is 15.9 Å². The van der Waals surface area contributed by atoms with Crippen LogP contribution in [0.4, 0.5) is 15.8 Å². The van der Waals surface area contributed by atoms with Crippen LogP contribution in [0.15, 0.2) is 72.8 Å². The van der Waals surface area contributed by atoms with Gasteiger partial charge in [0.05, 0.1) is 18.0 Å². The summed E-state index contributed by atoms with van der Waals surface area (Å²) in [7, 11) is 1.51. The molecule has 31 heavy (non-hydrogen) atoms. The lowest BCUT2D eigenvalue weighted by Gasteiger charge is -2.46. The van der Waals surface area contributed by atoms with Gasteiger partial charge in [0.1, 0.15) is 17.6 Å². The summed E-state index contributed by atoms with van der Waals surface area (Å²) in [6.45, 7) is 0. The zero-order valence-corrected chi connectivity index (χ0v) is 16.4. The van der Waals surface area contributed by atoms with Gasteiger partial charge in [0, 0.05) is 28.9 Å². The van der Waals surface area contributed by atoms with E-state index < -0.39 is 28.6 Å². The van der Waals surface area contributed by atoms with Crippen LogP contribution >= 0.6 is 0 Å². The van der Waals surface area contributed by atoms with Crippen molar-refractivity contribution in [2.75, 3.05) is 12.0 Å². The number of halogens is 1. The van der Waals surface area contributed by atoms with Crippen molar-refractivity contribution in [3.63, 3.8) is 0 Å². The Kier molecular flexibility index (Phi) is 5.21. The summed E-state index contributed by atoms with van der Waals surface area (Å²) in [5.74, 6) is -2.27. The zero-order valence-electron chi connectivity index (χ0n) is 16.4. The minimum Gasteiger partial charge on any atom is -0.497 e. The summed E-state index contributed by atoms with van der Waals surface area (Å²) < 4.78 is 19.8. The minimum atomic E-state index is -1.17. The van der Waals surface area contributed by atoms with Crippen molar-refractivity contribution in [3.05, 3.63) is 99.9 Å². The highest BCUT2D eigenvalue weighted by Gasteiger charge is 2.54. The van der Waals surface area contributed by atoms with Crippen LogP contribution in [0.5, 0.6) is 5.75 Å². The number of Topliss-reactive ketones (excluding diaryl/α,β-unsaturated/α-hetero) is 1. The molecule has 3 aromatic rings. The summed E-state index contributed by atoms with van der Waals surface area (Å²) in [6.07, 6.45) is 0. The fraction of sp³-hybridized carbons (Fsp3) is 0.130. The fourth-order valence-corrected chi connectivity index (χ4v) is 3.75. The zero-order chi connectivity index (χ0) is 22.1. The fourth-order valence-electron chi connectivity index (χ4n) is 3.75. The summed E-state index contributed by atoms with van der Waals surface area (Å²) in [5.41, 5.74) is 0.285. The van der Waals surface area contributed by atoms with Crippen molar-refractivity contribution < 1.29 is 23.6 Å². The quantitative estimate of drug-likeness (QED) is 0.259. The van der Waals surface area contributed by atoms with Gasteiger partial charge >= 0.3 is 0 Å². The lowest BCUT2D eigenvalue weighted by Crippen LogP contribution is -2.63. The first-order valence-electron chi connectivity index (χ1n) is 9.42. The maximum Gasteiger partial charge on any atom is 0.269 e. The van der Waals surface area contributed by atoms with Gasteiger partial charge in [-0.15, -0.1) is 0 Å². The number of carbonyl (C=O) groups is 2. The van der Waals surface area contributed by atoms with Crippen LogP contribution in [0.25, 0.3) is 0 Å². The normalized spacial score (nSPS) is 17.7. The topological polar surface area (TPSA) is 89.8 Å². The number of hydrogen-bond donors (Lipinski definition) is 0. The van der Waals surface area contributed by atoms with Crippen LogP contribution in [0.2, 0.25) is 0 Å². The van der Waals surface area contributed by atoms with Gasteiger partial charge in [-0.1, -0.05) is 30.3 Å². The Balaban J connectivity index is 1.79. The van der Waals surface area contributed by atoms with Crippen molar-refractivity contribution in [3.8, 4) is 5.75 Å². The van der Waals surface area contributed by atoms with Crippen LogP contribution in [-0.2, 0) is 4.79 Å². The van der Waals surface area contributed by atoms with E-state index in [0.29, 0.717) is 17.0 Å². The highest BCUT2D eigenvalue weighted by atomic mass is 19.1. The van der Waals surface area contributed by atoms with Crippen molar-refractivity contribution in [1.82, 2.24) is 0 Å². The lowest BCUT2D eigenvalue weighted by molar-refractivity contribution is -0.385. The molecule has 0 saturated carbocycles. The Hall–Kier alpha value is -4.07. The monoisotopic (exact) mass is 420 g/mol. The van der Waals surface area contributed by atoms with E-state index in [2.05, 4.69) is 0 Å². The average molecular weight is 420 g/mol. The van der Waals surface area contributed by atoms with Crippen molar-refractivity contribution in [2.45, 2.75) is 12.0 Å². The number of ether oxygens (including phenoxy) is 1. The first-order chi connectivity index (χ1) is 14.9. The SMILES string of the molecule is COc1ccc(N2C(=O)[C@@H](c3cc([N+](=O)[O-])ccc3F)[C@H]2C(=O)c2ccccc2)cc1. The molecule has 7 nitrogen and oxygen atoms in total. The number of methoxy groups -OCH3 is 1. The summed E-state index contributed by atoms with van der Waals surface area (Å²) >= 11 is 0. The number of carbonyl (C=O) groups excluding carboxylic acids is 2. The van der Waals surface area contributed by atoms with Gasteiger partial charge in [0.25, 0.3) is 5.69 Å². The maximum atomic E-state index is 14.6. The minimum absolute atomic E-state index is 0.168. The summed E-state index contributed by atoms with van der Waals surface area (Å²) in [5, 5.41) is 11.2. The molecule has 1 aliphatic rings. The molecule has 1 amide bonds. The van der Waals surface area contributed by atoms with E-state index in [-0.39, 0.29) is 17.0 Å². The highest BCUT2D eigenvalue weighted by Crippen LogP contribution is 2.43. The molecule has 0 radical (unpaired) electrons. The summed E-state index contributed by atoms with van der Waals surface area (Å²) in [6, 6.07) is 16.8. The van der Waals surface area contributed by atoms with E-state index >= 15 is 0 Å². The van der Waals surface area contributed by atoms with Crippen molar-refractivity contribution >= 4 is 23.1 Å². The van der Waals surface area contributed by atoms with Crippen LogP contribution in [0.3, 0.4) is 0 Å². The van der Waals surface area contributed by atoms with E-state index in [9.17, 15) is 24.1 Å². The van der Waals surface area contributed by atoms with E-state index in [4.69, 9.17) is 4.74 Å². The molecule has 1 saturated heterocycles. The second-order valence-electron chi connectivity index (χ2n) is 7.02. The molecule has 0 aliphatic carbocycles. The molecule has 156 valence electrons. The third-order valence-electron chi connectivity index (χ3n) is 5.30. The molecule has 0 unspecified atom stereocenters. The Morgan fingerprint density at radius 3 is 2.35 bits per heavy atom. The van der Waals surface area contributed by atoms with Crippen molar-refractivity contribution in [1.29, 1.82) is 0 Å². The van der Waals surface area contributed by atoms with Gasteiger partial charge in [-0.05, 0) is 30.3 Å². The molecular weight excluding hydrogens is 403 g/mol. The first kappa shape index (κ1) is 20.2. The van der Waals surface area contributed by atoms with Gasteiger partial charge < -0.3 is 4.74 Å². The molecule has 4 rings (SSSR count). The number of nitro benzene ring substituents is 1. The second kappa shape index (κ2) is 7.98. The molecule has 0 aromatic heterocycles. The first-order valence-corrected chi connectivity index (χ1v) is 9.42. The molecule has 1 aliphatic heterocycles. The van der Waals surface area contributed by atoms with Gasteiger partial charge in [-0.2, -0.15) is 0 Å². The lowest BCUT2D eigenvalue weighted by atomic mass is 9.77. The largest absolute Gasteiger partial charge is 0.497 e. The highest BCUT2D eigenvalue weighted by molar-refractivity contribution is 6.19. The second-order valence-corrected chi connectivity index (χ2v) is 7.02. The predicted octanol–water partition coefficient (Wildman–Crippen LogP) is 4.12. The molecule has 0 bridgehead atoms. The number of hydrogen-bond acceptors (Lipinski definition) is 5. The number of benzene rings is 3. The van der Waals surface area contributed by atoms with E-state index in [1.165, 1.54) is 12.0 Å². The van der Waals surface area contributed by atoms with E-state index in [1.54, 1.807) is 54.6 Å². The molecule has 3 aromatic carbocycles.